The SMILES string of the molecule is C1CNC2(COC1)CSC2. The molecule has 2 nitrogen and oxygen atoms in total. The fraction of sp³-hybridized carbons (Fsp3) is 1.00. The number of hydrogen-bond acceptors (Lipinski definition) is 3. The summed E-state index contributed by atoms with van der Waals surface area (Å²) in [5.74, 6) is 2.49. The summed E-state index contributed by atoms with van der Waals surface area (Å²) in [5.41, 5.74) is 0.376. The second-order valence-corrected chi connectivity index (χ2v) is 4.09. The molecule has 2 aliphatic heterocycles. The quantitative estimate of drug-likeness (QED) is 0.555. The molecule has 2 saturated heterocycles. The monoisotopic (exact) mass is 159 g/mol. The predicted octanol–water partition coefficient (Wildman–Crippen LogP) is 0.482. The smallest absolute Gasteiger partial charge is 0.0664 e. The third kappa shape index (κ3) is 1.18. The van der Waals surface area contributed by atoms with Crippen molar-refractivity contribution in [2.45, 2.75) is 12.0 Å². The van der Waals surface area contributed by atoms with Gasteiger partial charge in [0.25, 0.3) is 0 Å². The molecule has 2 heterocycles. The summed E-state index contributed by atoms with van der Waals surface area (Å²) in [6.07, 6.45) is 1.17. The summed E-state index contributed by atoms with van der Waals surface area (Å²) < 4.78 is 5.48. The van der Waals surface area contributed by atoms with Crippen molar-refractivity contribution in [3.63, 3.8) is 0 Å². The van der Waals surface area contributed by atoms with E-state index in [0.717, 1.165) is 19.8 Å². The van der Waals surface area contributed by atoms with Crippen molar-refractivity contribution in [3.05, 3.63) is 0 Å². The summed E-state index contributed by atoms with van der Waals surface area (Å²) in [4.78, 5) is 0. The van der Waals surface area contributed by atoms with Crippen LogP contribution in [0.15, 0.2) is 0 Å². The average Bonchev–Trinajstić information content (AvgIpc) is 2.08. The summed E-state index contributed by atoms with van der Waals surface area (Å²) in [6.45, 7) is 3.01. The molecule has 1 spiro atoms. The molecule has 0 aliphatic carbocycles. The van der Waals surface area contributed by atoms with Crippen molar-refractivity contribution in [2.24, 2.45) is 0 Å². The Hall–Kier alpha value is 0.270. The molecular weight excluding hydrogens is 146 g/mol. The van der Waals surface area contributed by atoms with Crippen LogP contribution in [0.1, 0.15) is 6.42 Å². The van der Waals surface area contributed by atoms with Gasteiger partial charge >= 0.3 is 0 Å². The summed E-state index contributed by atoms with van der Waals surface area (Å²) in [5, 5.41) is 3.55. The highest BCUT2D eigenvalue weighted by atomic mass is 32.2. The van der Waals surface area contributed by atoms with Crippen LogP contribution in [0.4, 0.5) is 0 Å². The minimum Gasteiger partial charge on any atom is -0.379 e. The molecule has 0 unspecified atom stereocenters. The maximum absolute atomic E-state index is 5.48. The predicted molar refractivity (Wildman–Crippen MR) is 43.5 cm³/mol. The molecule has 2 rings (SSSR count). The maximum atomic E-state index is 5.48. The average molecular weight is 159 g/mol. The van der Waals surface area contributed by atoms with Crippen LogP contribution < -0.4 is 5.32 Å². The van der Waals surface area contributed by atoms with Gasteiger partial charge in [-0.2, -0.15) is 11.8 Å². The van der Waals surface area contributed by atoms with Crippen molar-refractivity contribution >= 4 is 11.8 Å². The molecular formula is C7H13NOS. The minimum absolute atomic E-state index is 0.376. The molecule has 2 fully saturated rings. The Morgan fingerprint density at radius 3 is 3.00 bits per heavy atom. The first kappa shape index (κ1) is 6.95. The van der Waals surface area contributed by atoms with E-state index >= 15 is 0 Å². The van der Waals surface area contributed by atoms with Gasteiger partial charge in [-0.15, -0.1) is 0 Å². The lowest BCUT2D eigenvalue weighted by Crippen LogP contribution is -2.58. The third-order valence-corrected chi connectivity index (χ3v) is 3.61. The van der Waals surface area contributed by atoms with E-state index in [1.54, 1.807) is 0 Å². The standard InChI is InChI=1S/C7H13NOS/c1-2-8-7(4-9-3-1)5-10-6-7/h8H,1-6H2. The lowest BCUT2D eigenvalue weighted by atomic mass is 10.1. The van der Waals surface area contributed by atoms with Gasteiger partial charge in [0.15, 0.2) is 0 Å². The second kappa shape index (κ2) is 2.72. The van der Waals surface area contributed by atoms with Gasteiger partial charge in [-0.05, 0) is 13.0 Å². The van der Waals surface area contributed by atoms with Crippen LogP contribution in [0.2, 0.25) is 0 Å². The highest BCUT2D eigenvalue weighted by Gasteiger charge is 2.38. The molecule has 2 aliphatic rings. The van der Waals surface area contributed by atoms with Crippen LogP contribution in [0, 0.1) is 0 Å². The number of ether oxygens (including phenoxy) is 1. The van der Waals surface area contributed by atoms with Gasteiger partial charge < -0.3 is 10.1 Å². The van der Waals surface area contributed by atoms with Crippen molar-refractivity contribution in [2.75, 3.05) is 31.3 Å². The van der Waals surface area contributed by atoms with E-state index in [4.69, 9.17) is 4.74 Å². The number of rotatable bonds is 0. The van der Waals surface area contributed by atoms with Crippen LogP contribution >= 0.6 is 11.8 Å². The van der Waals surface area contributed by atoms with E-state index in [0.29, 0.717) is 5.54 Å². The lowest BCUT2D eigenvalue weighted by Gasteiger charge is -2.40. The van der Waals surface area contributed by atoms with Gasteiger partial charge in [-0.25, -0.2) is 0 Å². The van der Waals surface area contributed by atoms with E-state index in [2.05, 4.69) is 5.32 Å². The normalized spacial score (nSPS) is 31.2. The van der Waals surface area contributed by atoms with Gasteiger partial charge in [0, 0.05) is 18.1 Å². The summed E-state index contributed by atoms with van der Waals surface area (Å²) in [6, 6.07) is 0. The first-order valence-electron chi connectivity index (χ1n) is 3.82. The molecule has 0 saturated carbocycles. The van der Waals surface area contributed by atoms with E-state index in [9.17, 15) is 0 Å². The molecule has 3 heteroatoms. The fourth-order valence-corrected chi connectivity index (χ4v) is 2.45. The molecule has 0 atom stereocenters. The van der Waals surface area contributed by atoms with Crippen molar-refractivity contribution in [1.29, 1.82) is 0 Å². The van der Waals surface area contributed by atoms with Crippen molar-refractivity contribution in [1.82, 2.24) is 5.32 Å². The van der Waals surface area contributed by atoms with Crippen LogP contribution in [0.5, 0.6) is 0 Å². The van der Waals surface area contributed by atoms with Gasteiger partial charge in [0.1, 0.15) is 0 Å². The van der Waals surface area contributed by atoms with E-state index in [1.807, 2.05) is 11.8 Å². The van der Waals surface area contributed by atoms with Crippen LogP contribution in [-0.2, 0) is 4.74 Å². The van der Waals surface area contributed by atoms with Gasteiger partial charge in [0.2, 0.25) is 0 Å². The number of nitrogens with one attached hydrogen (secondary N) is 1. The molecule has 0 bridgehead atoms. The Kier molecular flexibility index (Phi) is 1.89. The zero-order chi connectivity index (χ0) is 6.86. The Morgan fingerprint density at radius 2 is 2.30 bits per heavy atom. The lowest BCUT2D eigenvalue weighted by molar-refractivity contribution is 0.106. The molecule has 58 valence electrons. The minimum atomic E-state index is 0.376. The Morgan fingerprint density at radius 1 is 1.40 bits per heavy atom. The van der Waals surface area contributed by atoms with Gasteiger partial charge in [-0.3, -0.25) is 0 Å². The summed E-state index contributed by atoms with van der Waals surface area (Å²) >= 11 is 2.01. The molecule has 10 heavy (non-hydrogen) atoms. The Bertz CT molecular complexity index is 115. The molecule has 1 N–H and O–H groups in total. The van der Waals surface area contributed by atoms with Crippen molar-refractivity contribution in [3.8, 4) is 0 Å². The highest BCUT2D eigenvalue weighted by Crippen LogP contribution is 2.30. The fourth-order valence-electron chi connectivity index (χ4n) is 1.38. The van der Waals surface area contributed by atoms with Crippen molar-refractivity contribution < 1.29 is 4.74 Å². The molecule has 0 aromatic carbocycles. The molecule has 0 amide bonds. The molecule has 0 aromatic rings. The first-order valence-corrected chi connectivity index (χ1v) is 4.97. The number of thioether (sulfide) groups is 1. The molecule has 0 radical (unpaired) electrons. The van der Waals surface area contributed by atoms with Gasteiger partial charge in [-0.1, -0.05) is 0 Å². The van der Waals surface area contributed by atoms with E-state index in [-0.39, 0.29) is 0 Å². The van der Waals surface area contributed by atoms with E-state index in [1.165, 1.54) is 17.9 Å². The second-order valence-electron chi connectivity index (χ2n) is 3.11. The third-order valence-electron chi connectivity index (χ3n) is 2.10. The summed E-state index contributed by atoms with van der Waals surface area (Å²) in [7, 11) is 0. The zero-order valence-corrected chi connectivity index (χ0v) is 6.88. The topological polar surface area (TPSA) is 21.3 Å². The van der Waals surface area contributed by atoms with E-state index < -0.39 is 0 Å². The van der Waals surface area contributed by atoms with Crippen LogP contribution in [0.25, 0.3) is 0 Å². The largest absolute Gasteiger partial charge is 0.379 e. The van der Waals surface area contributed by atoms with Crippen LogP contribution in [0.3, 0.4) is 0 Å². The zero-order valence-electron chi connectivity index (χ0n) is 6.06. The first-order chi connectivity index (χ1) is 4.91. The highest BCUT2D eigenvalue weighted by molar-refractivity contribution is 8.00. The van der Waals surface area contributed by atoms with Gasteiger partial charge in [0.05, 0.1) is 12.1 Å². The van der Waals surface area contributed by atoms with Crippen LogP contribution in [-0.4, -0.2) is 36.8 Å². The molecule has 0 aromatic heterocycles. The Labute approximate surface area is 65.7 Å². The maximum Gasteiger partial charge on any atom is 0.0664 e. The Balaban J connectivity index is 1.92. The number of hydrogen-bond donors (Lipinski definition) is 1.